The molecule has 1 N–H and O–H groups in total. The highest BCUT2D eigenvalue weighted by atomic mass is 35.5. The molecule has 0 aromatic heterocycles. The van der Waals surface area contributed by atoms with Gasteiger partial charge in [-0.3, -0.25) is 0 Å². The summed E-state index contributed by atoms with van der Waals surface area (Å²) in [5.74, 6) is 1.88. The van der Waals surface area contributed by atoms with Gasteiger partial charge in [0.1, 0.15) is 5.75 Å². The Balaban J connectivity index is 2.09. The van der Waals surface area contributed by atoms with Crippen LogP contribution in [0.1, 0.15) is 39.2 Å². The number of aromatic hydroxyl groups is 1. The second-order valence-corrected chi connectivity index (χ2v) is 8.30. The monoisotopic (exact) mass is 347 g/mol. The maximum absolute atomic E-state index is 10.6. The van der Waals surface area contributed by atoms with Crippen molar-refractivity contribution < 1.29 is 14.6 Å². The van der Waals surface area contributed by atoms with Crippen LogP contribution in [-0.2, 0) is 0 Å². The summed E-state index contributed by atoms with van der Waals surface area (Å²) < 4.78 is 11.3. The van der Waals surface area contributed by atoms with Crippen molar-refractivity contribution in [3.8, 4) is 17.2 Å². The maximum atomic E-state index is 10.6. The molecule has 0 aliphatic carbocycles. The molecule has 2 aliphatic heterocycles. The molecule has 2 atom stereocenters. The Hall–Kier alpha value is -1.81. The lowest BCUT2D eigenvalue weighted by atomic mass is 9.91. The molecule has 0 radical (unpaired) electrons. The van der Waals surface area contributed by atoms with Gasteiger partial charge in [0, 0.05) is 45.9 Å². The van der Waals surface area contributed by atoms with Gasteiger partial charge in [0.25, 0.3) is 0 Å². The minimum absolute atomic E-state index is 0.0259. The minimum atomic E-state index is -0.0648. The van der Waals surface area contributed by atoms with Gasteiger partial charge in [-0.15, -0.1) is 11.6 Å². The molecular formula is C19H22ClNO3. The van der Waals surface area contributed by atoms with E-state index >= 15 is 0 Å². The number of phenols is 1. The lowest BCUT2D eigenvalue weighted by Crippen LogP contribution is -2.41. The number of phenolic OH excluding ortho intramolecular Hbond substituents is 1. The lowest BCUT2D eigenvalue weighted by Gasteiger charge is -2.35. The van der Waals surface area contributed by atoms with Crippen molar-refractivity contribution in [2.45, 2.75) is 44.5 Å². The van der Waals surface area contributed by atoms with E-state index in [-0.39, 0.29) is 29.4 Å². The average molecular weight is 348 g/mol. The molecule has 2 aromatic carbocycles. The first-order valence-electron chi connectivity index (χ1n) is 8.29. The van der Waals surface area contributed by atoms with E-state index in [2.05, 4.69) is 25.7 Å². The number of halogens is 1. The Morgan fingerprint density at radius 1 is 1.29 bits per heavy atom. The second-order valence-electron chi connectivity index (χ2n) is 7.62. The van der Waals surface area contributed by atoms with Crippen LogP contribution in [0.5, 0.6) is 17.2 Å². The molecular weight excluding hydrogens is 326 g/mol. The van der Waals surface area contributed by atoms with Gasteiger partial charge in [-0.25, -0.2) is 0 Å². The standard InChI is InChI=1S/C19H22ClNO3/c1-10(20)12-8-21(19(2,3)4)13-7-14(22)11-5-6-15-18(24-9-23-15)17(11)16(12)13/h5-7,10,12,22H,8-9H2,1-4H3/t10-,12+/m1/s1. The third kappa shape index (κ3) is 2.12. The van der Waals surface area contributed by atoms with E-state index in [0.717, 1.165) is 40.1 Å². The van der Waals surface area contributed by atoms with E-state index in [0.29, 0.717) is 0 Å². The van der Waals surface area contributed by atoms with Crippen LogP contribution in [0.25, 0.3) is 10.8 Å². The Morgan fingerprint density at radius 3 is 2.71 bits per heavy atom. The fraction of sp³-hybridized carbons (Fsp3) is 0.474. The zero-order chi connectivity index (χ0) is 17.2. The number of ether oxygens (including phenoxy) is 2. The van der Waals surface area contributed by atoms with E-state index in [1.807, 2.05) is 25.1 Å². The molecule has 4 rings (SSSR count). The molecule has 4 nitrogen and oxygen atoms in total. The summed E-state index contributed by atoms with van der Waals surface area (Å²) in [6.07, 6.45) is 0. The first-order valence-corrected chi connectivity index (χ1v) is 8.72. The highest BCUT2D eigenvalue weighted by Crippen LogP contribution is 2.53. The molecule has 0 saturated carbocycles. The molecule has 0 saturated heterocycles. The predicted octanol–water partition coefficient (Wildman–Crippen LogP) is 4.60. The average Bonchev–Trinajstić information content (AvgIpc) is 3.09. The lowest BCUT2D eigenvalue weighted by molar-refractivity contribution is 0.175. The Kier molecular flexibility index (Phi) is 3.33. The van der Waals surface area contributed by atoms with Crippen molar-refractivity contribution in [1.82, 2.24) is 0 Å². The van der Waals surface area contributed by atoms with Crippen LogP contribution in [0.15, 0.2) is 18.2 Å². The van der Waals surface area contributed by atoms with Crippen LogP contribution < -0.4 is 14.4 Å². The van der Waals surface area contributed by atoms with Crippen LogP contribution >= 0.6 is 11.6 Å². The number of nitrogens with zero attached hydrogens (tertiary/aromatic N) is 1. The third-order valence-electron chi connectivity index (χ3n) is 5.04. The number of anilines is 1. The van der Waals surface area contributed by atoms with Gasteiger partial charge >= 0.3 is 0 Å². The first-order chi connectivity index (χ1) is 11.3. The third-order valence-corrected chi connectivity index (χ3v) is 5.34. The molecule has 24 heavy (non-hydrogen) atoms. The zero-order valence-electron chi connectivity index (χ0n) is 14.4. The van der Waals surface area contributed by atoms with Gasteiger partial charge in [-0.2, -0.15) is 0 Å². The Bertz CT molecular complexity index is 826. The fourth-order valence-electron chi connectivity index (χ4n) is 3.86. The minimum Gasteiger partial charge on any atom is -0.507 e. The SMILES string of the molecule is C[C@@H](Cl)[C@@H]1CN(C(C)(C)C)c2cc(O)c3ccc4c(c3c21)OCO4. The maximum Gasteiger partial charge on any atom is 0.231 e. The smallest absolute Gasteiger partial charge is 0.231 e. The number of benzene rings is 2. The van der Waals surface area contributed by atoms with Gasteiger partial charge < -0.3 is 19.5 Å². The number of hydrogen-bond acceptors (Lipinski definition) is 4. The van der Waals surface area contributed by atoms with Crippen molar-refractivity contribution in [2.75, 3.05) is 18.2 Å². The van der Waals surface area contributed by atoms with E-state index in [1.54, 1.807) is 0 Å². The highest BCUT2D eigenvalue weighted by molar-refractivity contribution is 6.21. The quantitative estimate of drug-likeness (QED) is 0.765. The number of rotatable bonds is 1. The molecule has 2 aliphatic rings. The second kappa shape index (κ2) is 5.09. The zero-order valence-corrected chi connectivity index (χ0v) is 15.1. The first kappa shape index (κ1) is 15.7. The molecule has 5 heteroatoms. The topological polar surface area (TPSA) is 41.9 Å². The fourth-order valence-corrected chi connectivity index (χ4v) is 4.07. The van der Waals surface area contributed by atoms with Crippen LogP contribution in [0, 0.1) is 0 Å². The number of fused-ring (bicyclic) bond motifs is 5. The summed E-state index contributed by atoms with van der Waals surface area (Å²) in [6, 6.07) is 5.62. The summed E-state index contributed by atoms with van der Waals surface area (Å²) in [5, 5.41) is 12.3. The van der Waals surface area contributed by atoms with Crippen LogP contribution in [0.2, 0.25) is 0 Å². The van der Waals surface area contributed by atoms with Crippen molar-refractivity contribution in [1.29, 1.82) is 0 Å². The largest absolute Gasteiger partial charge is 0.507 e. The molecule has 2 heterocycles. The van der Waals surface area contributed by atoms with Crippen LogP contribution in [-0.4, -0.2) is 29.4 Å². The van der Waals surface area contributed by atoms with Crippen molar-refractivity contribution in [3.05, 3.63) is 23.8 Å². The summed E-state index contributed by atoms with van der Waals surface area (Å²) >= 11 is 6.56. The normalized spacial score (nSPS) is 20.5. The number of alkyl halides is 1. The highest BCUT2D eigenvalue weighted by Gasteiger charge is 2.40. The molecule has 0 unspecified atom stereocenters. The van der Waals surface area contributed by atoms with Crippen molar-refractivity contribution >= 4 is 28.1 Å². The molecule has 2 aromatic rings. The summed E-state index contributed by atoms with van der Waals surface area (Å²) in [4.78, 5) is 2.32. The molecule has 0 amide bonds. The van der Waals surface area contributed by atoms with E-state index in [4.69, 9.17) is 21.1 Å². The van der Waals surface area contributed by atoms with Crippen LogP contribution in [0.3, 0.4) is 0 Å². The van der Waals surface area contributed by atoms with Gasteiger partial charge in [-0.05, 0) is 45.4 Å². The molecule has 0 fully saturated rings. The van der Waals surface area contributed by atoms with Crippen molar-refractivity contribution in [2.24, 2.45) is 0 Å². The van der Waals surface area contributed by atoms with E-state index < -0.39 is 0 Å². The summed E-state index contributed by atoms with van der Waals surface area (Å²) in [6.45, 7) is 9.59. The van der Waals surface area contributed by atoms with Crippen LogP contribution in [0.4, 0.5) is 5.69 Å². The molecule has 128 valence electrons. The number of hydrogen-bond donors (Lipinski definition) is 1. The summed E-state index contributed by atoms with van der Waals surface area (Å²) in [7, 11) is 0. The Morgan fingerprint density at radius 2 is 2.04 bits per heavy atom. The van der Waals surface area contributed by atoms with Gasteiger partial charge in [0.05, 0.1) is 0 Å². The Labute approximate surface area is 146 Å². The molecule has 0 bridgehead atoms. The molecule has 0 spiro atoms. The predicted molar refractivity (Wildman–Crippen MR) is 96.9 cm³/mol. The van der Waals surface area contributed by atoms with Gasteiger partial charge in [0.2, 0.25) is 6.79 Å². The van der Waals surface area contributed by atoms with Crippen molar-refractivity contribution in [3.63, 3.8) is 0 Å². The van der Waals surface area contributed by atoms with E-state index in [1.165, 1.54) is 0 Å². The summed E-state index contributed by atoms with van der Waals surface area (Å²) in [5.41, 5.74) is 2.13. The van der Waals surface area contributed by atoms with Gasteiger partial charge in [0.15, 0.2) is 11.5 Å². The van der Waals surface area contributed by atoms with E-state index in [9.17, 15) is 5.11 Å². The van der Waals surface area contributed by atoms with Gasteiger partial charge in [-0.1, -0.05) is 0 Å².